The smallest absolute Gasteiger partial charge is 0.264 e. The highest BCUT2D eigenvalue weighted by Crippen LogP contribution is 2.30. The van der Waals surface area contributed by atoms with Gasteiger partial charge in [-0.15, -0.1) is 11.3 Å². The van der Waals surface area contributed by atoms with Crippen LogP contribution >= 0.6 is 11.3 Å². The Bertz CT molecular complexity index is 972. The summed E-state index contributed by atoms with van der Waals surface area (Å²) in [7, 11) is 3.33. The highest BCUT2D eigenvalue weighted by molar-refractivity contribution is 7.18. The van der Waals surface area contributed by atoms with Crippen LogP contribution in [0.5, 0.6) is 11.5 Å². The molecule has 1 saturated heterocycles. The minimum atomic E-state index is -0.482. The number of anilines is 1. The van der Waals surface area contributed by atoms with Gasteiger partial charge in [0.25, 0.3) is 5.91 Å². The number of hydrogen-bond donors (Lipinski definition) is 1. The normalized spacial score (nSPS) is 14.9. The maximum Gasteiger partial charge on any atom is 0.264 e. The summed E-state index contributed by atoms with van der Waals surface area (Å²) in [5.41, 5.74) is 1.48. The number of benzene rings is 1. The van der Waals surface area contributed by atoms with Crippen molar-refractivity contribution >= 4 is 28.2 Å². The van der Waals surface area contributed by atoms with E-state index in [4.69, 9.17) is 9.47 Å². The number of ether oxygens (including phenoxy) is 2. The summed E-state index contributed by atoms with van der Waals surface area (Å²) in [6.45, 7) is 11.2. The molecule has 0 aliphatic carbocycles. The lowest BCUT2D eigenvalue weighted by Gasteiger charge is -2.35. The van der Waals surface area contributed by atoms with Crippen LogP contribution in [0.15, 0.2) is 24.3 Å². The SMILES string of the molecule is COc1ccc(OC)c(CN2CCN(C(=O)c3sc(NC(=O)C(C)(C)C)cc3C)CC2)c1. The lowest BCUT2D eigenvalue weighted by atomic mass is 9.96. The monoisotopic (exact) mass is 459 g/mol. The maximum atomic E-state index is 13.1. The van der Waals surface area contributed by atoms with E-state index in [1.54, 1.807) is 14.2 Å². The highest BCUT2D eigenvalue weighted by Gasteiger charge is 2.27. The van der Waals surface area contributed by atoms with E-state index in [0.717, 1.165) is 47.3 Å². The predicted octanol–water partition coefficient (Wildman–Crippen LogP) is 4.02. The van der Waals surface area contributed by atoms with E-state index < -0.39 is 5.41 Å². The fraction of sp³-hybridized carbons (Fsp3) is 0.500. The largest absolute Gasteiger partial charge is 0.497 e. The van der Waals surface area contributed by atoms with Crippen molar-refractivity contribution in [1.82, 2.24) is 9.80 Å². The molecule has 0 spiro atoms. The van der Waals surface area contributed by atoms with Crippen molar-refractivity contribution in [3.05, 3.63) is 40.3 Å². The third-order valence-electron chi connectivity index (χ3n) is 5.57. The second kappa shape index (κ2) is 9.92. The summed E-state index contributed by atoms with van der Waals surface area (Å²) >= 11 is 1.35. The summed E-state index contributed by atoms with van der Waals surface area (Å²) in [6, 6.07) is 7.69. The standard InChI is InChI=1S/C24H33N3O4S/c1-16-13-20(25-23(29)24(2,3)4)32-21(16)22(28)27-11-9-26(10-12-27)15-17-14-18(30-5)7-8-19(17)31-6/h7-8,13-14H,9-12,15H2,1-6H3,(H,25,29). The van der Waals surface area contributed by atoms with Gasteiger partial charge in [0.15, 0.2) is 0 Å². The van der Waals surface area contributed by atoms with Gasteiger partial charge in [-0.2, -0.15) is 0 Å². The molecule has 0 saturated carbocycles. The number of carbonyl (C=O) groups excluding carboxylic acids is 2. The number of methoxy groups -OCH3 is 2. The number of nitrogens with zero attached hydrogens (tertiary/aromatic N) is 2. The molecule has 2 amide bonds. The first-order chi connectivity index (χ1) is 15.1. The van der Waals surface area contributed by atoms with Gasteiger partial charge < -0.3 is 19.7 Å². The first kappa shape index (κ1) is 24.1. The molecule has 32 heavy (non-hydrogen) atoms. The van der Waals surface area contributed by atoms with Crippen LogP contribution < -0.4 is 14.8 Å². The summed E-state index contributed by atoms with van der Waals surface area (Å²) < 4.78 is 10.8. The lowest BCUT2D eigenvalue weighted by Crippen LogP contribution is -2.48. The highest BCUT2D eigenvalue weighted by atomic mass is 32.1. The molecular weight excluding hydrogens is 426 g/mol. The van der Waals surface area contributed by atoms with E-state index in [0.29, 0.717) is 18.0 Å². The Morgan fingerprint density at radius 3 is 2.34 bits per heavy atom. The van der Waals surface area contributed by atoms with Gasteiger partial charge in [0.1, 0.15) is 11.5 Å². The summed E-state index contributed by atoms with van der Waals surface area (Å²) in [4.78, 5) is 30.3. The van der Waals surface area contributed by atoms with E-state index in [2.05, 4.69) is 10.2 Å². The molecule has 1 N–H and O–H groups in total. The molecule has 0 bridgehead atoms. The van der Waals surface area contributed by atoms with Crippen molar-refractivity contribution in [3.8, 4) is 11.5 Å². The first-order valence-electron chi connectivity index (χ1n) is 10.8. The molecular formula is C24H33N3O4S. The zero-order chi connectivity index (χ0) is 23.5. The Morgan fingerprint density at radius 2 is 1.75 bits per heavy atom. The number of hydrogen-bond acceptors (Lipinski definition) is 6. The second-order valence-electron chi connectivity index (χ2n) is 9.07. The van der Waals surface area contributed by atoms with Crippen LogP contribution in [0.1, 0.15) is 41.6 Å². The zero-order valence-electron chi connectivity index (χ0n) is 19.8. The Kier molecular flexibility index (Phi) is 7.46. The van der Waals surface area contributed by atoms with E-state index >= 15 is 0 Å². The average Bonchev–Trinajstić information content (AvgIpc) is 3.12. The molecule has 174 valence electrons. The van der Waals surface area contributed by atoms with E-state index in [1.807, 2.05) is 56.9 Å². The molecule has 2 heterocycles. The summed E-state index contributed by atoms with van der Waals surface area (Å²) in [5, 5.41) is 3.65. The molecule has 2 aromatic rings. The Balaban J connectivity index is 1.61. The van der Waals surface area contributed by atoms with Gasteiger partial charge in [0.2, 0.25) is 5.91 Å². The Labute approximate surface area is 194 Å². The molecule has 1 aliphatic rings. The molecule has 1 aliphatic heterocycles. The number of carbonyl (C=O) groups is 2. The van der Waals surface area contributed by atoms with Crippen LogP contribution in [-0.2, 0) is 11.3 Å². The molecule has 1 aromatic heterocycles. The fourth-order valence-electron chi connectivity index (χ4n) is 3.55. The third-order valence-corrected chi connectivity index (χ3v) is 6.71. The second-order valence-corrected chi connectivity index (χ2v) is 10.1. The van der Waals surface area contributed by atoms with Crippen molar-refractivity contribution in [2.24, 2.45) is 5.41 Å². The lowest BCUT2D eigenvalue weighted by molar-refractivity contribution is -0.123. The number of aryl methyl sites for hydroxylation is 1. The number of piperazine rings is 1. The van der Waals surface area contributed by atoms with Gasteiger partial charge >= 0.3 is 0 Å². The number of rotatable bonds is 6. The summed E-state index contributed by atoms with van der Waals surface area (Å²) in [6.07, 6.45) is 0. The molecule has 0 atom stereocenters. The van der Waals surface area contributed by atoms with Crippen molar-refractivity contribution in [2.75, 3.05) is 45.7 Å². The minimum Gasteiger partial charge on any atom is -0.497 e. The average molecular weight is 460 g/mol. The molecule has 0 unspecified atom stereocenters. The quantitative estimate of drug-likeness (QED) is 0.707. The van der Waals surface area contributed by atoms with Crippen molar-refractivity contribution in [3.63, 3.8) is 0 Å². The Morgan fingerprint density at radius 1 is 1.06 bits per heavy atom. The van der Waals surface area contributed by atoms with Crippen molar-refractivity contribution < 1.29 is 19.1 Å². The van der Waals surface area contributed by atoms with Crippen LogP contribution in [0.25, 0.3) is 0 Å². The third kappa shape index (κ3) is 5.61. The molecule has 0 radical (unpaired) electrons. The Hall–Kier alpha value is -2.58. The van der Waals surface area contributed by atoms with E-state index in [-0.39, 0.29) is 11.8 Å². The van der Waals surface area contributed by atoms with Gasteiger partial charge in [-0.3, -0.25) is 14.5 Å². The van der Waals surface area contributed by atoms with Gasteiger partial charge in [-0.25, -0.2) is 0 Å². The number of nitrogens with one attached hydrogen (secondary N) is 1. The molecule has 3 rings (SSSR count). The topological polar surface area (TPSA) is 71.1 Å². The minimum absolute atomic E-state index is 0.0300. The van der Waals surface area contributed by atoms with E-state index in [1.165, 1.54) is 11.3 Å². The van der Waals surface area contributed by atoms with Gasteiger partial charge in [-0.05, 0) is 36.8 Å². The van der Waals surface area contributed by atoms with Crippen LogP contribution in [0.2, 0.25) is 0 Å². The molecule has 8 heteroatoms. The van der Waals surface area contributed by atoms with Crippen molar-refractivity contribution in [2.45, 2.75) is 34.2 Å². The van der Waals surface area contributed by atoms with Crippen LogP contribution in [0.4, 0.5) is 5.00 Å². The predicted molar refractivity (Wildman–Crippen MR) is 128 cm³/mol. The fourth-order valence-corrected chi connectivity index (χ4v) is 4.59. The molecule has 1 fully saturated rings. The maximum absolute atomic E-state index is 13.1. The van der Waals surface area contributed by atoms with Crippen LogP contribution in [-0.4, -0.2) is 62.0 Å². The van der Waals surface area contributed by atoms with Crippen molar-refractivity contribution in [1.29, 1.82) is 0 Å². The molecule has 7 nitrogen and oxygen atoms in total. The molecule has 1 aromatic carbocycles. The van der Waals surface area contributed by atoms with Crippen LogP contribution in [0, 0.1) is 12.3 Å². The van der Waals surface area contributed by atoms with Gasteiger partial charge in [0, 0.05) is 43.7 Å². The van der Waals surface area contributed by atoms with Crippen LogP contribution in [0.3, 0.4) is 0 Å². The number of thiophene rings is 1. The zero-order valence-corrected chi connectivity index (χ0v) is 20.6. The summed E-state index contributed by atoms with van der Waals surface area (Å²) in [5.74, 6) is 1.61. The van der Waals surface area contributed by atoms with Gasteiger partial charge in [0.05, 0.1) is 24.1 Å². The van der Waals surface area contributed by atoms with E-state index in [9.17, 15) is 9.59 Å². The number of amides is 2. The first-order valence-corrected chi connectivity index (χ1v) is 11.6. The van der Waals surface area contributed by atoms with Gasteiger partial charge in [-0.1, -0.05) is 20.8 Å².